The van der Waals surface area contributed by atoms with Crippen molar-refractivity contribution in [2.45, 2.75) is 18.6 Å². The molecule has 0 amide bonds. The fraction of sp³-hybridized carbons (Fsp3) is 0.429. The normalized spacial score (nSPS) is 27.7. The fourth-order valence-corrected chi connectivity index (χ4v) is 4.92. The van der Waals surface area contributed by atoms with Gasteiger partial charge in [0, 0.05) is 17.5 Å². The highest BCUT2D eigenvalue weighted by Crippen LogP contribution is 2.50. The van der Waals surface area contributed by atoms with Gasteiger partial charge in [-0.25, -0.2) is 0 Å². The summed E-state index contributed by atoms with van der Waals surface area (Å²) < 4.78 is 1.82. The van der Waals surface area contributed by atoms with Gasteiger partial charge in [-0.3, -0.25) is 0 Å². The number of hydrogen-bond donors (Lipinski definition) is 2. The molecule has 0 aliphatic heterocycles. The molecule has 1 aliphatic carbocycles. The number of halogens is 2. The molecule has 2 rings (SSSR count). The number of aliphatic hydroxyl groups is 2. The van der Waals surface area contributed by atoms with E-state index in [-0.39, 0.29) is 0 Å². The maximum absolute atomic E-state index is 9.54. The van der Waals surface area contributed by atoms with Gasteiger partial charge in [0.15, 0.2) is 0 Å². The number of fused-ring (bicyclic) bond motifs is 1. The predicted octanol–water partition coefficient (Wildman–Crippen LogP) is 2.74. The minimum Gasteiger partial charge on any atom is -0.388 e. The molecular weight excluding hydrogens is 308 g/mol. The van der Waals surface area contributed by atoms with Crippen LogP contribution in [0.5, 0.6) is 0 Å². The number of rotatable bonds is 0. The quantitative estimate of drug-likeness (QED) is 0.773. The lowest BCUT2D eigenvalue weighted by molar-refractivity contribution is 0.106. The molecule has 0 radical (unpaired) electrons. The molecule has 2 unspecified atom stereocenters. The van der Waals surface area contributed by atoms with Crippen molar-refractivity contribution in [3.8, 4) is 0 Å². The lowest BCUT2D eigenvalue weighted by Gasteiger charge is -2.01. The molecule has 5 heteroatoms. The first-order chi connectivity index (χ1) is 5.61. The molecule has 0 saturated heterocycles. The number of hydrogen-bond acceptors (Lipinski definition) is 3. The molecule has 1 aromatic rings. The van der Waals surface area contributed by atoms with Crippen molar-refractivity contribution < 1.29 is 10.2 Å². The van der Waals surface area contributed by atoms with E-state index < -0.39 is 12.2 Å². The van der Waals surface area contributed by atoms with Crippen molar-refractivity contribution in [1.29, 1.82) is 0 Å². The summed E-state index contributed by atoms with van der Waals surface area (Å²) in [7, 11) is 0. The monoisotopic (exact) mass is 312 g/mol. The molecule has 2 N–H and O–H groups in total. The zero-order valence-corrected chi connectivity index (χ0v) is 9.91. The molecule has 66 valence electrons. The fourth-order valence-electron chi connectivity index (χ4n) is 1.47. The molecular formula is C7H6Br2O2S. The van der Waals surface area contributed by atoms with Crippen molar-refractivity contribution in [3.63, 3.8) is 0 Å². The molecule has 1 aromatic heterocycles. The third kappa shape index (κ3) is 1.19. The molecule has 0 saturated carbocycles. The zero-order chi connectivity index (χ0) is 8.88. The summed E-state index contributed by atoms with van der Waals surface area (Å²) in [5, 5.41) is 19.1. The molecule has 0 aromatic carbocycles. The highest BCUT2D eigenvalue weighted by Gasteiger charge is 2.34. The SMILES string of the molecule is OC1CC(O)c2c(Br)sc(Br)c21. The van der Waals surface area contributed by atoms with E-state index in [9.17, 15) is 10.2 Å². The first-order valence-corrected chi connectivity index (χ1v) is 5.85. The Morgan fingerprint density at radius 1 is 1.08 bits per heavy atom. The Morgan fingerprint density at radius 2 is 1.50 bits per heavy atom. The van der Waals surface area contributed by atoms with E-state index >= 15 is 0 Å². The van der Waals surface area contributed by atoms with Gasteiger partial charge in [-0.05, 0) is 31.9 Å². The summed E-state index contributed by atoms with van der Waals surface area (Å²) in [6.45, 7) is 0. The van der Waals surface area contributed by atoms with Crippen molar-refractivity contribution in [2.24, 2.45) is 0 Å². The molecule has 0 fully saturated rings. The Balaban J connectivity index is 2.62. The average Bonchev–Trinajstić information content (AvgIpc) is 2.38. The average molecular weight is 314 g/mol. The zero-order valence-electron chi connectivity index (χ0n) is 5.92. The van der Waals surface area contributed by atoms with Crippen LogP contribution in [0, 0.1) is 0 Å². The van der Waals surface area contributed by atoms with Crippen LogP contribution in [0.25, 0.3) is 0 Å². The maximum atomic E-state index is 9.54. The van der Waals surface area contributed by atoms with E-state index in [2.05, 4.69) is 31.9 Å². The van der Waals surface area contributed by atoms with Gasteiger partial charge in [-0.15, -0.1) is 11.3 Å². The Kier molecular flexibility index (Phi) is 2.33. The summed E-state index contributed by atoms with van der Waals surface area (Å²) in [6, 6.07) is 0. The lowest BCUT2D eigenvalue weighted by Crippen LogP contribution is -1.91. The topological polar surface area (TPSA) is 40.5 Å². The van der Waals surface area contributed by atoms with Crippen LogP contribution in [-0.4, -0.2) is 10.2 Å². The van der Waals surface area contributed by atoms with Gasteiger partial charge < -0.3 is 10.2 Å². The first-order valence-electron chi connectivity index (χ1n) is 3.45. The van der Waals surface area contributed by atoms with E-state index in [0.717, 1.165) is 18.7 Å². The second kappa shape index (κ2) is 3.06. The lowest BCUT2D eigenvalue weighted by atomic mass is 10.2. The Bertz CT molecular complexity index is 295. The van der Waals surface area contributed by atoms with Crippen LogP contribution in [0.4, 0.5) is 0 Å². The third-order valence-corrected chi connectivity index (χ3v) is 4.63. The van der Waals surface area contributed by atoms with E-state index in [1.807, 2.05) is 0 Å². The largest absolute Gasteiger partial charge is 0.388 e. The second-order valence-corrected chi connectivity index (χ2v) is 6.40. The molecule has 0 spiro atoms. The maximum Gasteiger partial charge on any atom is 0.0841 e. The van der Waals surface area contributed by atoms with Gasteiger partial charge in [-0.2, -0.15) is 0 Å². The van der Waals surface area contributed by atoms with E-state index in [1.54, 1.807) is 0 Å². The van der Waals surface area contributed by atoms with Crippen LogP contribution in [0.15, 0.2) is 7.57 Å². The van der Waals surface area contributed by atoms with Gasteiger partial charge in [0.05, 0.1) is 19.8 Å². The summed E-state index contributed by atoms with van der Waals surface area (Å²) in [5.74, 6) is 0. The van der Waals surface area contributed by atoms with Crippen molar-refractivity contribution in [1.82, 2.24) is 0 Å². The van der Waals surface area contributed by atoms with Gasteiger partial charge in [0.25, 0.3) is 0 Å². The number of thiophene rings is 1. The summed E-state index contributed by atoms with van der Waals surface area (Å²) in [6.07, 6.45) is -0.631. The number of aliphatic hydroxyl groups excluding tert-OH is 2. The van der Waals surface area contributed by atoms with Crippen LogP contribution >= 0.6 is 43.2 Å². The third-order valence-electron chi connectivity index (χ3n) is 2.01. The summed E-state index contributed by atoms with van der Waals surface area (Å²) >= 11 is 8.20. The van der Waals surface area contributed by atoms with Crippen molar-refractivity contribution >= 4 is 43.2 Å². The van der Waals surface area contributed by atoms with E-state index in [1.165, 1.54) is 11.3 Å². The van der Waals surface area contributed by atoms with Crippen LogP contribution in [0.3, 0.4) is 0 Å². The Labute approximate surface area is 90.5 Å². The van der Waals surface area contributed by atoms with Crippen LogP contribution < -0.4 is 0 Å². The van der Waals surface area contributed by atoms with Crippen molar-refractivity contribution in [3.05, 3.63) is 18.7 Å². The Hall–Kier alpha value is 0.580. The molecule has 1 aliphatic rings. The molecule has 2 atom stereocenters. The predicted molar refractivity (Wildman–Crippen MR) is 54.3 cm³/mol. The van der Waals surface area contributed by atoms with Gasteiger partial charge in [-0.1, -0.05) is 0 Å². The summed E-state index contributed by atoms with van der Waals surface area (Å²) in [4.78, 5) is 0. The van der Waals surface area contributed by atoms with E-state index in [0.29, 0.717) is 6.42 Å². The van der Waals surface area contributed by atoms with Gasteiger partial charge >= 0.3 is 0 Å². The first kappa shape index (κ1) is 9.15. The molecule has 2 nitrogen and oxygen atoms in total. The molecule has 0 bridgehead atoms. The summed E-state index contributed by atoms with van der Waals surface area (Å²) in [5.41, 5.74) is 1.69. The van der Waals surface area contributed by atoms with E-state index in [4.69, 9.17) is 0 Å². The molecule has 1 heterocycles. The Morgan fingerprint density at radius 3 is 1.92 bits per heavy atom. The highest BCUT2D eigenvalue weighted by molar-refractivity contribution is 9.12. The standard InChI is InChI=1S/C7H6Br2O2S/c8-6-4-2(10)1-3(11)5(4)7(9)12-6/h2-3,10-11H,1H2. The molecule has 12 heavy (non-hydrogen) atoms. The van der Waals surface area contributed by atoms with Crippen LogP contribution in [0.2, 0.25) is 0 Å². The van der Waals surface area contributed by atoms with Gasteiger partial charge in [0.1, 0.15) is 0 Å². The van der Waals surface area contributed by atoms with Crippen LogP contribution in [-0.2, 0) is 0 Å². The smallest absolute Gasteiger partial charge is 0.0841 e. The van der Waals surface area contributed by atoms with Gasteiger partial charge in [0.2, 0.25) is 0 Å². The minimum absolute atomic E-state index is 0.412. The van der Waals surface area contributed by atoms with Crippen molar-refractivity contribution in [2.75, 3.05) is 0 Å². The highest BCUT2D eigenvalue weighted by atomic mass is 79.9. The minimum atomic E-state index is -0.521. The second-order valence-electron chi connectivity index (χ2n) is 2.74. The van der Waals surface area contributed by atoms with Crippen LogP contribution in [0.1, 0.15) is 29.8 Å².